The third-order valence-corrected chi connectivity index (χ3v) is 3.49. The van der Waals surface area contributed by atoms with Crippen molar-refractivity contribution in [3.05, 3.63) is 58.5 Å². The summed E-state index contributed by atoms with van der Waals surface area (Å²) >= 11 is 0. The van der Waals surface area contributed by atoms with E-state index in [1.807, 2.05) is 13.8 Å². The molecule has 24 heavy (non-hydrogen) atoms. The molecule has 0 fully saturated rings. The van der Waals surface area contributed by atoms with Crippen molar-refractivity contribution in [2.75, 3.05) is 7.11 Å². The molecular weight excluding hydrogens is 311 g/mol. The number of benzene rings is 2. The molecule has 0 atom stereocenters. The maximum Gasteiger partial charge on any atom is 0.197 e. The number of rotatable bonds is 4. The Hall–Kier alpha value is -2.82. The van der Waals surface area contributed by atoms with Crippen molar-refractivity contribution in [3.63, 3.8) is 0 Å². The lowest BCUT2D eigenvalue weighted by molar-refractivity contribution is 0.242. The predicted molar refractivity (Wildman–Crippen MR) is 90.2 cm³/mol. The lowest BCUT2D eigenvalue weighted by Crippen LogP contribution is -2.05. The van der Waals surface area contributed by atoms with Gasteiger partial charge in [0.15, 0.2) is 5.43 Å². The van der Waals surface area contributed by atoms with E-state index in [4.69, 9.17) is 13.9 Å². The van der Waals surface area contributed by atoms with Gasteiger partial charge in [0.25, 0.3) is 0 Å². The first-order chi connectivity index (χ1) is 11.5. The van der Waals surface area contributed by atoms with Crippen molar-refractivity contribution in [1.82, 2.24) is 0 Å². The fourth-order valence-corrected chi connectivity index (χ4v) is 2.49. The zero-order valence-corrected chi connectivity index (χ0v) is 13.6. The maximum atomic E-state index is 13.7. The fraction of sp³-hybridized carbons (Fsp3) is 0.211. The van der Waals surface area contributed by atoms with Gasteiger partial charge < -0.3 is 13.9 Å². The van der Waals surface area contributed by atoms with Gasteiger partial charge >= 0.3 is 0 Å². The molecular formula is C19H17FO4. The molecule has 0 spiro atoms. The number of hydrogen-bond donors (Lipinski definition) is 0. The smallest absolute Gasteiger partial charge is 0.197 e. The van der Waals surface area contributed by atoms with Gasteiger partial charge in [0, 0.05) is 23.8 Å². The Morgan fingerprint density at radius 3 is 2.42 bits per heavy atom. The molecule has 1 heterocycles. The fourth-order valence-electron chi connectivity index (χ4n) is 2.49. The second kappa shape index (κ2) is 6.35. The molecule has 0 bridgehead atoms. The van der Waals surface area contributed by atoms with Crippen molar-refractivity contribution in [2.45, 2.75) is 20.0 Å². The summed E-state index contributed by atoms with van der Waals surface area (Å²) in [7, 11) is 1.38. The van der Waals surface area contributed by atoms with Crippen molar-refractivity contribution < 1.29 is 18.3 Å². The highest BCUT2D eigenvalue weighted by molar-refractivity contribution is 5.85. The van der Waals surface area contributed by atoms with Crippen LogP contribution in [0.1, 0.15) is 13.8 Å². The Labute approximate surface area is 138 Å². The molecule has 0 aliphatic rings. The molecule has 3 aromatic rings. The van der Waals surface area contributed by atoms with Gasteiger partial charge in [0.05, 0.1) is 13.2 Å². The molecule has 5 heteroatoms. The molecule has 0 amide bonds. The first kappa shape index (κ1) is 16.1. The first-order valence-corrected chi connectivity index (χ1v) is 7.56. The van der Waals surface area contributed by atoms with E-state index in [-0.39, 0.29) is 28.3 Å². The zero-order valence-electron chi connectivity index (χ0n) is 13.6. The van der Waals surface area contributed by atoms with Gasteiger partial charge in [-0.15, -0.1) is 0 Å². The molecule has 3 rings (SSSR count). The van der Waals surface area contributed by atoms with Crippen LogP contribution in [0.5, 0.6) is 11.5 Å². The Balaban J connectivity index is 2.09. The van der Waals surface area contributed by atoms with Gasteiger partial charge in [0.1, 0.15) is 34.0 Å². The molecule has 0 aliphatic carbocycles. The molecule has 2 aromatic carbocycles. The molecule has 0 N–H and O–H groups in total. The summed E-state index contributed by atoms with van der Waals surface area (Å²) in [5.74, 6) is 0.715. The second-order valence-corrected chi connectivity index (χ2v) is 5.65. The summed E-state index contributed by atoms with van der Waals surface area (Å²) in [5.41, 5.74) is 0.566. The molecule has 0 saturated heterocycles. The Morgan fingerprint density at radius 1 is 1.08 bits per heavy atom. The number of hydrogen-bond acceptors (Lipinski definition) is 4. The van der Waals surface area contributed by atoms with Gasteiger partial charge in [-0.2, -0.15) is 0 Å². The van der Waals surface area contributed by atoms with Crippen LogP contribution in [-0.2, 0) is 0 Å². The normalized spacial score (nSPS) is 11.0. The van der Waals surface area contributed by atoms with Crippen LogP contribution < -0.4 is 14.9 Å². The van der Waals surface area contributed by atoms with E-state index in [9.17, 15) is 9.18 Å². The summed E-state index contributed by atoms with van der Waals surface area (Å²) in [6.45, 7) is 3.89. The van der Waals surface area contributed by atoms with Crippen molar-refractivity contribution in [2.24, 2.45) is 0 Å². The van der Waals surface area contributed by atoms with Crippen LogP contribution in [0, 0.1) is 5.82 Å². The van der Waals surface area contributed by atoms with Gasteiger partial charge in [0.2, 0.25) is 0 Å². The number of ether oxygens (including phenoxy) is 2. The monoisotopic (exact) mass is 328 g/mol. The highest BCUT2D eigenvalue weighted by Gasteiger charge is 2.13. The van der Waals surface area contributed by atoms with E-state index < -0.39 is 5.82 Å². The third-order valence-electron chi connectivity index (χ3n) is 3.49. The highest BCUT2D eigenvalue weighted by Crippen LogP contribution is 2.29. The van der Waals surface area contributed by atoms with Gasteiger partial charge in [-0.1, -0.05) is 0 Å². The molecule has 0 saturated carbocycles. The van der Waals surface area contributed by atoms with E-state index in [0.29, 0.717) is 11.3 Å². The molecule has 124 valence electrons. The zero-order chi connectivity index (χ0) is 17.3. The molecule has 0 aliphatic heterocycles. The third kappa shape index (κ3) is 3.11. The van der Waals surface area contributed by atoms with Gasteiger partial charge in [-0.25, -0.2) is 4.39 Å². The van der Waals surface area contributed by atoms with Crippen LogP contribution in [0.25, 0.3) is 22.3 Å². The Morgan fingerprint density at radius 2 is 1.79 bits per heavy atom. The lowest BCUT2D eigenvalue weighted by atomic mass is 10.1. The van der Waals surface area contributed by atoms with Gasteiger partial charge in [-0.05, 0) is 38.1 Å². The van der Waals surface area contributed by atoms with Crippen LogP contribution in [-0.4, -0.2) is 13.2 Å². The van der Waals surface area contributed by atoms with Crippen LogP contribution in [0.2, 0.25) is 0 Å². The number of methoxy groups -OCH3 is 1. The molecule has 0 unspecified atom stereocenters. The lowest BCUT2D eigenvalue weighted by Gasteiger charge is -2.10. The quantitative estimate of drug-likeness (QED) is 0.712. The van der Waals surface area contributed by atoms with E-state index in [1.54, 1.807) is 24.3 Å². The van der Waals surface area contributed by atoms with Crippen LogP contribution in [0.15, 0.2) is 51.7 Å². The van der Waals surface area contributed by atoms with Gasteiger partial charge in [-0.3, -0.25) is 4.79 Å². The first-order valence-electron chi connectivity index (χ1n) is 7.56. The standard InChI is InChI=1S/C19H17FO4/c1-11(2)23-14-6-4-12(5-7-14)16-10-15(21)19-17(22-3)8-13(20)9-18(19)24-16/h4-11H,1-3H3. The number of halogens is 1. The molecule has 0 radical (unpaired) electrons. The average molecular weight is 328 g/mol. The minimum absolute atomic E-state index is 0.0740. The number of fused-ring (bicyclic) bond motifs is 1. The van der Waals surface area contributed by atoms with Crippen molar-refractivity contribution in [3.8, 4) is 22.8 Å². The summed E-state index contributed by atoms with van der Waals surface area (Å²) in [5, 5.41) is 0.224. The SMILES string of the molecule is COc1cc(F)cc2oc(-c3ccc(OC(C)C)cc3)cc(=O)c12. The van der Waals surface area contributed by atoms with Crippen molar-refractivity contribution >= 4 is 11.0 Å². The van der Waals surface area contributed by atoms with E-state index in [1.165, 1.54) is 19.2 Å². The minimum atomic E-state index is -0.527. The summed E-state index contributed by atoms with van der Waals surface area (Å²) < 4.78 is 30.0. The van der Waals surface area contributed by atoms with Crippen molar-refractivity contribution in [1.29, 1.82) is 0 Å². The summed E-state index contributed by atoms with van der Waals surface area (Å²) in [6.07, 6.45) is 0.0740. The molecule has 1 aromatic heterocycles. The van der Waals surface area contributed by atoms with Crippen LogP contribution >= 0.6 is 0 Å². The average Bonchev–Trinajstić information content (AvgIpc) is 2.53. The summed E-state index contributed by atoms with van der Waals surface area (Å²) in [6, 6.07) is 10.9. The minimum Gasteiger partial charge on any atom is -0.496 e. The Kier molecular flexibility index (Phi) is 4.25. The second-order valence-electron chi connectivity index (χ2n) is 5.65. The van der Waals surface area contributed by atoms with E-state index in [0.717, 1.165) is 11.8 Å². The van der Waals surface area contributed by atoms with E-state index >= 15 is 0 Å². The topological polar surface area (TPSA) is 48.7 Å². The Bertz CT molecular complexity index is 926. The highest BCUT2D eigenvalue weighted by atomic mass is 19.1. The summed E-state index contributed by atoms with van der Waals surface area (Å²) in [4.78, 5) is 12.4. The van der Waals surface area contributed by atoms with E-state index in [2.05, 4.69) is 0 Å². The van der Waals surface area contributed by atoms with Crippen LogP contribution in [0.4, 0.5) is 4.39 Å². The molecule has 4 nitrogen and oxygen atoms in total. The predicted octanol–water partition coefficient (Wildman–Crippen LogP) is 4.39. The van der Waals surface area contributed by atoms with Crippen LogP contribution in [0.3, 0.4) is 0 Å². The largest absolute Gasteiger partial charge is 0.496 e. The maximum absolute atomic E-state index is 13.7.